The lowest BCUT2D eigenvalue weighted by molar-refractivity contribution is 0.173. The van der Waals surface area contributed by atoms with Gasteiger partial charge in [-0.25, -0.2) is 4.98 Å². The van der Waals surface area contributed by atoms with Gasteiger partial charge >= 0.3 is 0 Å². The van der Waals surface area contributed by atoms with E-state index >= 15 is 0 Å². The second-order valence-corrected chi connectivity index (χ2v) is 4.99. The molecular weight excluding hydrogens is 267 g/mol. The molecule has 84 valence electrons. The van der Waals surface area contributed by atoms with Crippen LogP contribution in [-0.2, 0) is 6.42 Å². The quantitative estimate of drug-likeness (QED) is 0.936. The lowest BCUT2D eigenvalue weighted by Crippen LogP contribution is -2.04. The van der Waals surface area contributed by atoms with E-state index in [9.17, 15) is 5.11 Å². The maximum atomic E-state index is 9.94. The number of thiazole rings is 1. The Morgan fingerprint density at radius 2 is 2.19 bits per heavy atom. The van der Waals surface area contributed by atoms with Crippen LogP contribution in [-0.4, -0.2) is 15.1 Å². The van der Waals surface area contributed by atoms with Crippen LogP contribution in [0.25, 0.3) is 0 Å². The van der Waals surface area contributed by atoms with Crippen LogP contribution in [0, 0.1) is 0 Å². The molecule has 1 unspecified atom stereocenters. The minimum atomic E-state index is -0.754. The Labute approximate surface area is 107 Å². The van der Waals surface area contributed by atoms with Crippen LogP contribution in [0.3, 0.4) is 0 Å². The van der Waals surface area contributed by atoms with Gasteiger partial charge in [0.25, 0.3) is 0 Å². The van der Waals surface area contributed by atoms with Gasteiger partial charge in [-0.15, -0.1) is 11.3 Å². The van der Waals surface area contributed by atoms with Crippen molar-refractivity contribution in [1.82, 2.24) is 9.97 Å². The summed E-state index contributed by atoms with van der Waals surface area (Å²) in [5.41, 5.74) is 0.432. The van der Waals surface area contributed by atoms with E-state index in [1.165, 1.54) is 17.5 Å². The number of hydrogen-bond acceptors (Lipinski definition) is 4. The topological polar surface area (TPSA) is 46.0 Å². The number of hydrogen-bond donors (Lipinski definition) is 1. The summed E-state index contributed by atoms with van der Waals surface area (Å²) in [6.07, 6.45) is 2.82. The third kappa shape index (κ3) is 2.71. The number of aliphatic hydroxyl groups is 1. The summed E-state index contributed by atoms with van der Waals surface area (Å²) in [6, 6.07) is 1.57. The van der Waals surface area contributed by atoms with Crippen molar-refractivity contribution < 1.29 is 5.11 Å². The van der Waals surface area contributed by atoms with Crippen molar-refractivity contribution in [2.24, 2.45) is 0 Å². The number of halogens is 2. The van der Waals surface area contributed by atoms with Gasteiger partial charge in [-0.1, -0.05) is 23.2 Å². The smallest absolute Gasteiger partial charge is 0.104 e. The van der Waals surface area contributed by atoms with Crippen LogP contribution in [0.5, 0.6) is 0 Å². The minimum Gasteiger partial charge on any atom is -0.386 e. The van der Waals surface area contributed by atoms with Crippen LogP contribution in [0.15, 0.2) is 23.8 Å². The molecule has 0 radical (unpaired) electrons. The molecule has 2 aromatic heterocycles. The highest BCUT2D eigenvalue weighted by Crippen LogP contribution is 2.26. The molecule has 0 aliphatic carbocycles. The van der Waals surface area contributed by atoms with Gasteiger partial charge in [-0.05, 0) is 6.07 Å². The molecule has 0 fully saturated rings. The first-order chi connectivity index (χ1) is 7.66. The molecule has 0 aromatic carbocycles. The highest BCUT2D eigenvalue weighted by molar-refractivity contribution is 7.09. The third-order valence-corrected chi connectivity index (χ3v) is 3.31. The molecule has 3 nitrogen and oxygen atoms in total. The third-order valence-electron chi connectivity index (χ3n) is 2.00. The first kappa shape index (κ1) is 11.8. The molecule has 2 heterocycles. The zero-order valence-corrected chi connectivity index (χ0v) is 10.4. The Bertz CT molecular complexity index is 476. The fourth-order valence-electron chi connectivity index (χ4n) is 1.29. The maximum absolute atomic E-state index is 9.94. The van der Waals surface area contributed by atoms with Crippen molar-refractivity contribution in [3.8, 4) is 0 Å². The van der Waals surface area contributed by atoms with E-state index in [1.54, 1.807) is 12.3 Å². The Hall–Kier alpha value is -0.680. The van der Waals surface area contributed by atoms with E-state index < -0.39 is 6.10 Å². The molecule has 0 aliphatic rings. The summed E-state index contributed by atoms with van der Waals surface area (Å²) >= 11 is 13.2. The first-order valence-corrected chi connectivity index (χ1v) is 6.18. The number of nitrogens with zero attached hydrogens (tertiary/aromatic N) is 2. The summed E-state index contributed by atoms with van der Waals surface area (Å²) in [5, 5.41) is 13.5. The lowest BCUT2D eigenvalue weighted by atomic mass is 10.2. The predicted octanol–water partition coefficient (Wildman–Crippen LogP) is 3.12. The number of rotatable bonds is 3. The van der Waals surface area contributed by atoms with Gasteiger partial charge in [-0.3, -0.25) is 4.98 Å². The number of aliphatic hydroxyl groups excluding tert-OH is 1. The number of aromatic nitrogens is 2. The fourth-order valence-corrected chi connectivity index (χ4v) is 2.45. The Balaban J connectivity index is 2.17. The standard InChI is InChI=1S/C10H8Cl2N2OS/c11-6-3-7(12)10(14-5-6)8(15)4-9-13-1-2-16-9/h1-3,5,8,15H,4H2. The molecule has 6 heteroatoms. The van der Waals surface area contributed by atoms with E-state index in [0.717, 1.165) is 5.01 Å². The first-order valence-electron chi connectivity index (χ1n) is 4.54. The summed E-state index contributed by atoms with van der Waals surface area (Å²) in [5.74, 6) is 0. The second kappa shape index (κ2) is 5.10. The van der Waals surface area contributed by atoms with Gasteiger partial charge in [0, 0.05) is 24.2 Å². The van der Waals surface area contributed by atoms with Crippen molar-refractivity contribution in [1.29, 1.82) is 0 Å². The molecule has 2 aromatic rings. The summed E-state index contributed by atoms with van der Waals surface area (Å²) in [7, 11) is 0. The molecule has 2 rings (SSSR count). The van der Waals surface area contributed by atoms with E-state index in [1.807, 2.05) is 5.38 Å². The SMILES string of the molecule is OC(Cc1nccs1)c1ncc(Cl)cc1Cl. The van der Waals surface area contributed by atoms with Crippen LogP contribution < -0.4 is 0 Å². The second-order valence-electron chi connectivity index (χ2n) is 3.17. The maximum Gasteiger partial charge on any atom is 0.104 e. The average Bonchev–Trinajstić information content (AvgIpc) is 2.70. The van der Waals surface area contributed by atoms with Crippen molar-refractivity contribution in [3.05, 3.63) is 44.6 Å². The van der Waals surface area contributed by atoms with Gasteiger partial charge in [0.1, 0.15) is 6.10 Å². The van der Waals surface area contributed by atoms with Crippen LogP contribution >= 0.6 is 34.5 Å². The number of pyridine rings is 1. The van der Waals surface area contributed by atoms with Crippen LogP contribution in [0.4, 0.5) is 0 Å². The van der Waals surface area contributed by atoms with Crippen molar-refractivity contribution in [3.63, 3.8) is 0 Å². The molecule has 16 heavy (non-hydrogen) atoms. The van der Waals surface area contributed by atoms with E-state index in [-0.39, 0.29) is 0 Å². The van der Waals surface area contributed by atoms with Gasteiger partial charge in [0.2, 0.25) is 0 Å². The molecule has 1 N–H and O–H groups in total. The summed E-state index contributed by atoms with van der Waals surface area (Å²) in [4.78, 5) is 8.11. The highest BCUT2D eigenvalue weighted by Gasteiger charge is 2.15. The zero-order valence-electron chi connectivity index (χ0n) is 8.10. The monoisotopic (exact) mass is 274 g/mol. The van der Waals surface area contributed by atoms with E-state index in [0.29, 0.717) is 22.2 Å². The predicted molar refractivity (Wildman–Crippen MR) is 65.0 cm³/mol. The minimum absolute atomic E-state index is 0.372. The van der Waals surface area contributed by atoms with Gasteiger partial charge in [-0.2, -0.15) is 0 Å². The normalized spacial score (nSPS) is 12.7. The van der Waals surface area contributed by atoms with Crippen LogP contribution in [0.1, 0.15) is 16.8 Å². The molecule has 0 amide bonds. The summed E-state index contributed by atoms with van der Waals surface area (Å²) < 4.78 is 0. The average molecular weight is 275 g/mol. The fraction of sp³-hybridized carbons (Fsp3) is 0.200. The largest absolute Gasteiger partial charge is 0.386 e. The van der Waals surface area contributed by atoms with Crippen molar-refractivity contribution in [2.45, 2.75) is 12.5 Å². The van der Waals surface area contributed by atoms with E-state index in [2.05, 4.69) is 9.97 Å². The highest BCUT2D eigenvalue weighted by atomic mass is 35.5. The Morgan fingerprint density at radius 1 is 1.38 bits per heavy atom. The lowest BCUT2D eigenvalue weighted by Gasteiger charge is -2.09. The van der Waals surface area contributed by atoms with Gasteiger partial charge in [0.15, 0.2) is 0 Å². The molecule has 1 atom stereocenters. The van der Waals surface area contributed by atoms with Crippen molar-refractivity contribution in [2.75, 3.05) is 0 Å². The summed E-state index contributed by atoms with van der Waals surface area (Å²) in [6.45, 7) is 0. The Morgan fingerprint density at radius 3 is 2.81 bits per heavy atom. The van der Waals surface area contributed by atoms with Crippen molar-refractivity contribution >= 4 is 34.5 Å². The molecule has 0 spiro atoms. The molecule has 0 bridgehead atoms. The molecule has 0 saturated carbocycles. The Kier molecular flexibility index (Phi) is 3.76. The molecule has 0 aliphatic heterocycles. The van der Waals surface area contributed by atoms with Crippen LogP contribution in [0.2, 0.25) is 10.0 Å². The van der Waals surface area contributed by atoms with E-state index in [4.69, 9.17) is 23.2 Å². The molecule has 0 saturated heterocycles. The van der Waals surface area contributed by atoms with Gasteiger partial charge in [0.05, 0.1) is 20.7 Å². The zero-order chi connectivity index (χ0) is 11.5. The molecular formula is C10H8Cl2N2OS. The van der Waals surface area contributed by atoms with Gasteiger partial charge < -0.3 is 5.11 Å².